The largest absolute Gasteiger partial charge is 0.480 e. The van der Waals surface area contributed by atoms with Gasteiger partial charge in [0.2, 0.25) is 17.7 Å². The summed E-state index contributed by atoms with van der Waals surface area (Å²) in [7, 11) is 0. The maximum absolute atomic E-state index is 12.9. The molecule has 0 aromatic heterocycles. The normalized spacial score (nSPS) is 19.3. The van der Waals surface area contributed by atoms with Crippen molar-refractivity contribution in [3.05, 3.63) is 0 Å². The van der Waals surface area contributed by atoms with E-state index >= 15 is 0 Å². The van der Waals surface area contributed by atoms with E-state index in [2.05, 4.69) is 10.6 Å². The van der Waals surface area contributed by atoms with Gasteiger partial charge in [-0.2, -0.15) is 0 Å². The molecule has 1 aliphatic rings. The molecule has 1 aliphatic heterocycles. The van der Waals surface area contributed by atoms with E-state index in [9.17, 15) is 24.3 Å². The van der Waals surface area contributed by atoms with Crippen LogP contribution in [0.5, 0.6) is 0 Å². The fourth-order valence-electron chi connectivity index (χ4n) is 3.56. The lowest BCUT2D eigenvalue weighted by molar-refractivity contribution is -0.143. The summed E-state index contributed by atoms with van der Waals surface area (Å²) in [6.07, 6.45) is 3.03. The van der Waals surface area contributed by atoms with E-state index in [0.29, 0.717) is 45.2 Å². The van der Waals surface area contributed by atoms with Crippen molar-refractivity contribution in [1.29, 1.82) is 0 Å². The zero-order valence-corrected chi connectivity index (χ0v) is 18.2. The number of carbonyl (C=O) groups excluding carboxylic acids is 3. The summed E-state index contributed by atoms with van der Waals surface area (Å²) in [5.41, 5.74) is 11.1. The third-order valence-corrected chi connectivity index (χ3v) is 5.13. The second kappa shape index (κ2) is 12.5. The smallest absolute Gasteiger partial charge is 0.326 e. The average Bonchev–Trinajstić information content (AvgIpc) is 3.15. The molecule has 30 heavy (non-hydrogen) atoms. The van der Waals surface area contributed by atoms with Crippen molar-refractivity contribution >= 4 is 23.7 Å². The summed E-state index contributed by atoms with van der Waals surface area (Å²) in [4.78, 5) is 50.9. The molecule has 7 N–H and O–H groups in total. The number of nitrogens with one attached hydrogen (secondary N) is 2. The molecule has 0 saturated carbocycles. The first-order valence-electron chi connectivity index (χ1n) is 10.7. The molecule has 0 aromatic rings. The Bertz CT molecular complexity index is 610. The second-order valence-corrected chi connectivity index (χ2v) is 8.35. The van der Waals surface area contributed by atoms with E-state index in [4.69, 9.17) is 11.5 Å². The number of carboxylic acids is 1. The molecule has 4 atom stereocenters. The Morgan fingerprint density at radius 1 is 1.10 bits per heavy atom. The third kappa shape index (κ3) is 7.91. The van der Waals surface area contributed by atoms with Gasteiger partial charge < -0.3 is 32.1 Å². The van der Waals surface area contributed by atoms with Crippen LogP contribution in [0.15, 0.2) is 0 Å². The molecule has 3 amide bonds. The lowest BCUT2D eigenvalue weighted by Gasteiger charge is -2.28. The average molecular weight is 428 g/mol. The quantitative estimate of drug-likeness (QED) is 0.263. The van der Waals surface area contributed by atoms with Crippen LogP contribution in [0.1, 0.15) is 59.3 Å². The second-order valence-electron chi connectivity index (χ2n) is 8.35. The van der Waals surface area contributed by atoms with Crippen molar-refractivity contribution in [1.82, 2.24) is 15.5 Å². The molecule has 0 radical (unpaired) electrons. The van der Waals surface area contributed by atoms with Gasteiger partial charge in [-0.3, -0.25) is 14.4 Å². The Hall–Kier alpha value is -2.20. The topological polar surface area (TPSA) is 168 Å². The van der Waals surface area contributed by atoms with E-state index < -0.39 is 42.0 Å². The van der Waals surface area contributed by atoms with Crippen LogP contribution in [0.2, 0.25) is 0 Å². The monoisotopic (exact) mass is 427 g/mol. The van der Waals surface area contributed by atoms with E-state index in [0.717, 1.165) is 0 Å². The highest BCUT2D eigenvalue weighted by molar-refractivity contribution is 5.94. The number of nitrogens with zero attached hydrogens (tertiary/aromatic N) is 1. The van der Waals surface area contributed by atoms with Crippen LogP contribution in [-0.4, -0.2) is 71.0 Å². The third-order valence-electron chi connectivity index (χ3n) is 5.13. The van der Waals surface area contributed by atoms with Crippen molar-refractivity contribution in [2.75, 3.05) is 13.1 Å². The van der Waals surface area contributed by atoms with Crippen LogP contribution in [0.3, 0.4) is 0 Å². The first-order chi connectivity index (χ1) is 14.1. The Morgan fingerprint density at radius 2 is 1.77 bits per heavy atom. The molecule has 1 saturated heterocycles. The molecule has 0 spiro atoms. The minimum absolute atomic E-state index is 0.0898. The minimum Gasteiger partial charge on any atom is -0.480 e. The fourth-order valence-corrected chi connectivity index (χ4v) is 3.56. The molecule has 0 bridgehead atoms. The Kier molecular flexibility index (Phi) is 10.8. The maximum atomic E-state index is 12.9. The Morgan fingerprint density at radius 3 is 2.30 bits per heavy atom. The number of hydrogen-bond donors (Lipinski definition) is 5. The molecule has 1 fully saturated rings. The van der Waals surface area contributed by atoms with Gasteiger partial charge in [-0.15, -0.1) is 0 Å². The van der Waals surface area contributed by atoms with Crippen LogP contribution in [-0.2, 0) is 19.2 Å². The molecule has 1 rings (SSSR count). The fraction of sp³-hybridized carbons (Fsp3) is 0.800. The lowest BCUT2D eigenvalue weighted by atomic mass is 10.0. The first kappa shape index (κ1) is 25.8. The summed E-state index contributed by atoms with van der Waals surface area (Å²) in [6.45, 7) is 6.28. The van der Waals surface area contributed by atoms with Gasteiger partial charge in [0.1, 0.15) is 18.1 Å². The van der Waals surface area contributed by atoms with Gasteiger partial charge >= 0.3 is 5.97 Å². The van der Waals surface area contributed by atoms with Crippen LogP contribution >= 0.6 is 0 Å². The van der Waals surface area contributed by atoms with Gasteiger partial charge in [-0.05, 0) is 57.9 Å². The van der Waals surface area contributed by atoms with Gasteiger partial charge in [-0.1, -0.05) is 13.8 Å². The summed E-state index contributed by atoms with van der Waals surface area (Å²) in [5.74, 6) is -2.30. The number of unbranched alkanes of at least 4 members (excludes halogenated alkanes) is 1. The number of likely N-dealkylation sites (tertiary alicyclic amines) is 1. The van der Waals surface area contributed by atoms with Gasteiger partial charge in [0.15, 0.2) is 0 Å². The van der Waals surface area contributed by atoms with E-state index in [1.807, 2.05) is 13.8 Å². The maximum Gasteiger partial charge on any atom is 0.326 e. The zero-order chi connectivity index (χ0) is 22.8. The van der Waals surface area contributed by atoms with Gasteiger partial charge in [-0.25, -0.2) is 4.79 Å². The molecule has 10 heteroatoms. The van der Waals surface area contributed by atoms with Crippen molar-refractivity contribution in [2.45, 2.75) is 83.5 Å². The van der Waals surface area contributed by atoms with Crippen LogP contribution < -0.4 is 22.1 Å². The number of carbonyl (C=O) groups is 4. The molecular weight excluding hydrogens is 390 g/mol. The van der Waals surface area contributed by atoms with E-state index in [-0.39, 0.29) is 18.2 Å². The highest BCUT2D eigenvalue weighted by Crippen LogP contribution is 2.19. The predicted octanol–water partition coefficient (Wildman–Crippen LogP) is -0.446. The summed E-state index contributed by atoms with van der Waals surface area (Å²) in [6, 6.07) is -3.32. The van der Waals surface area contributed by atoms with Crippen LogP contribution in [0, 0.1) is 5.92 Å². The lowest BCUT2D eigenvalue weighted by Crippen LogP contribution is -2.56. The number of aliphatic carboxylic acids is 1. The SMILES string of the molecule is CC(C)CC(NC(=O)C1CCCN1C(=O)C(C)N)C(=O)NC(CCCCN)C(=O)O. The summed E-state index contributed by atoms with van der Waals surface area (Å²) >= 11 is 0. The summed E-state index contributed by atoms with van der Waals surface area (Å²) < 4.78 is 0. The highest BCUT2D eigenvalue weighted by Gasteiger charge is 2.37. The molecular formula is C20H37N5O5. The molecule has 0 aliphatic carbocycles. The van der Waals surface area contributed by atoms with E-state index in [1.54, 1.807) is 6.92 Å². The molecule has 1 heterocycles. The predicted molar refractivity (Wildman–Crippen MR) is 112 cm³/mol. The summed E-state index contributed by atoms with van der Waals surface area (Å²) in [5, 5.41) is 14.7. The molecule has 10 nitrogen and oxygen atoms in total. The number of carboxylic acid groups (broad SMARTS) is 1. The van der Waals surface area contributed by atoms with Crippen molar-refractivity contribution in [3.63, 3.8) is 0 Å². The number of hydrogen-bond acceptors (Lipinski definition) is 6. The standard InChI is InChI=1S/C20H37N5O5/c1-12(2)11-15(17(26)23-14(20(29)30)7-4-5-9-21)24-18(27)16-8-6-10-25(16)19(28)13(3)22/h12-16H,4-11,21-22H2,1-3H3,(H,23,26)(H,24,27)(H,29,30). The zero-order valence-electron chi connectivity index (χ0n) is 18.2. The van der Waals surface area contributed by atoms with Crippen LogP contribution in [0.4, 0.5) is 0 Å². The van der Waals surface area contributed by atoms with Crippen molar-refractivity contribution < 1.29 is 24.3 Å². The number of rotatable bonds is 12. The van der Waals surface area contributed by atoms with Gasteiger partial charge in [0, 0.05) is 6.54 Å². The highest BCUT2D eigenvalue weighted by atomic mass is 16.4. The number of amides is 3. The van der Waals surface area contributed by atoms with Crippen LogP contribution in [0.25, 0.3) is 0 Å². The Labute approximate surface area is 178 Å². The van der Waals surface area contributed by atoms with E-state index in [1.165, 1.54) is 4.90 Å². The molecule has 0 aromatic carbocycles. The minimum atomic E-state index is -1.13. The molecule has 4 unspecified atom stereocenters. The number of nitrogens with two attached hydrogens (primary N) is 2. The first-order valence-corrected chi connectivity index (χ1v) is 10.7. The van der Waals surface area contributed by atoms with Crippen molar-refractivity contribution in [3.8, 4) is 0 Å². The van der Waals surface area contributed by atoms with Crippen molar-refractivity contribution in [2.24, 2.45) is 17.4 Å². The molecule has 172 valence electrons. The van der Waals surface area contributed by atoms with Gasteiger partial charge in [0.25, 0.3) is 0 Å². The van der Waals surface area contributed by atoms with Gasteiger partial charge in [0.05, 0.1) is 6.04 Å². The Balaban J connectivity index is 2.84.